The van der Waals surface area contributed by atoms with E-state index in [2.05, 4.69) is 22.5 Å². The van der Waals surface area contributed by atoms with Crippen molar-refractivity contribution in [3.63, 3.8) is 0 Å². The molecule has 112 valence electrons. The van der Waals surface area contributed by atoms with Crippen molar-refractivity contribution in [2.24, 2.45) is 0 Å². The molecule has 1 aliphatic carbocycles. The third kappa shape index (κ3) is 4.76. The van der Waals surface area contributed by atoms with Crippen molar-refractivity contribution in [3.8, 4) is 11.8 Å². The van der Waals surface area contributed by atoms with Crippen molar-refractivity contribution >= 4 is 11.7 Å². The van der Waals surface area contributed by atoms with Gasteiger partial charge >= 0.3 is 6.03 Å². The number of anilines is 1. The van der Waals surface area contributed by atoms with Gasteiger partial charge in [0.15, 0.2) is 0 Å². The third-order valence-electron chi connectivity index (χ3n) is 3.47. The number of nitrogens with one attached hydrogen (secondary N) is 2. The molecule has 0 spiro atoms. The summed E-state index contributed by atoms with van der Waals surface area (Å²) in [5.74, 6) is 4.42. The van der Waals surface area contributed by atoms with E-state index in [9.17, 15) is 9.18 Å². The summed E-state index contributed by atoms with van der Waals surface area (Å²) in [6, 6.07) is 4.12. The van der Waals surface area contributed by atoms with Gasteiger partial charge in [0.25, 0.3) is 0 Å². The second kappa shape index (κ2) is 7.65. The predicted molar refractivity (Wildman–Crippen MR) is 79.4 cm³/mol. The van der Waals surface area contributed by atoms with Crippen LogP contribution in [-0.4, -0.2) is 23.8 Å². The zero-order valence-corrected chi connectivity index (χ0v) is 11.8. The lowest BCUT2D eigenvalue weighted by Crippen LogP contribution is -2.39. The second-order valence-corrected chi connectivity index (χ2v) is 5.09. The number of urea groups is 1. The summed E-state index contributed by atoms with van der Waals surface area (Å²) in [6.45, 7) is -0.334. The SMILES string of the molecule is O=C(Nc1ccc(F)c(C#CCO)c1)NC1CCCCC1. The van der Waals surface area contributed by atoms with Crippen LogP contribution in [0.2, 0.25) is 0 Å². The van der Waals surface area contributed by atoms with Crippen LogP contribution in [-0.2, 0) is 0 Å². The van der Waals surface area contributed by atoms with Crippen molar-refractivity contribution in [2.45, 2.75) is 38.1 Å². The molecule has 0 heterocycles. The Kier molecular flexibility index (Phi) is 5.59. The van der Waals surface area contributed by atoms with E-state index in [0.717, 1.165) is 25.7 Å². The van der Waals surface area contributed by atoms with E-state index in [1.807, 2.05) is 0 Å². The first-order chi connectivity index (χ1) is 10.2. The van der Waals surface area contributed by atoms with Crippen LogP contribution in [0.3, 0.4) is 0 Å². The van der Waals surface area contributed by atoms with E-state index in [0.29, 0.717) is 5.69 Å². The van der Waals surface area contributed by atoms with E-state index >= 15 is 0 Å². The number of benzene rings is 1. The molecular formula is C16H19FN2O2. The van der Waals surface area contributed by atoms with Crippen LogP contribution >= 0.6 is 0 Å². The molecule has 0 aromatic heterocycles. The lowest BCUT2D eigenvalue weighted by Gasteiger charge is -2.22. The molecule has 1 fully saturated rings. The summed E-state index contributed by atoms with van der Waals surface area (Å²) >= 11 is 0. The first-order valence-electron chi connectivity index (χ1n) is 7.16. The van der Waals surface area contributed by atoms with Gasteiger partial charge in [-0.25, -0.2) is 9.18 Å². The molecule has 1 aliphatic rings. The van der Waals surface area contributed by atoms with Crippen LogP contribution in [0.1, 0.15) is 37.7 Å². The molecule has 1 aromatic carbocycles. The van der Waals surface area contributed by atoms with Crippen LogP contribution in [0.25, 0.3) is 0 Å². The number of rotatable bonds is 2. The maximum atomic E-state index is 13.5. The van der Waals surface area contributed by atoms with Crippen molar-refractivity contribution in [2.75, 3.05) is 11.9 Å². The molecule has 0 bridgehead atoms. The number of hydrogen-bond donors (Lipinski definition) is 3. The van der Waals surface area contributed by atoms with Crippen LogP contribution in [0.4, 0.5) is 14.9 Å². The van der Waals surface area contributed by atoms with Crippen molar-refractivity contribution in [1.82, 2.24) is 5.32 Å². The van der Waals surface area contributed by atoms with Crippen molar-refractivity contribution in [1.29, 1.82) is 0 Å². The van der Waals surface area contributed by atoms with Crippen LogP contribution < -0.4 is 10.6 Å². The summed E-state index contributed by atoms with van der Waals surface area (Å²) in [6.07, 6.45) is 5.52. The van der Waals surface area contributed by atoms with E-state index in [1.54, 1.807) is 0 Å². The smallest absolute Gasteiger partial charge is 0.319 e. The van der Waals surface area contributed by atoms with Gasteiger partial charge in [-0.2, -0.15) is 0 Å². The zero-order chi connectivity index (χ0) is 15.1. The summed E-state index contributed by atoms with van der Waals surface area (Å²) in [5.41, 5.74) is 0.631. The molecular weight excluding hydrogens is 271 g/mol. The highest BCUT2D eigenvalue weighted by Gasteiger charge is 2.15. The Morgan fingerprint density at radius 3 is 2.81 bits per heavy atom. The van der Waals surface area contributed by atoms with Gasteiger partial charge in [0.2, 0.25) is 0 Å². The van der Waals surface area contributed by atoms with E-state index < -0.39 is 5.82 Å². The molecule has 4 nitrogen and oxygen atoms in total. The summed E-state index contributed by atoms with van der Waals surface area (Å²) < 4.78 is 13.5. The van der Waals surface area contributed by atoms with Crippen LogP contribution in [0, 0.1) is 17.7 Å². The molecule has 0 saturated heterocycles. The van der Waals surface area contributed by atoms with E-state index in [-0.39, 0.29) is 24.2 Å². The highest BCUT2D eigenvalue weighted by Crippen LogP contribution is 2.18. The fourth-order valence-electron chi connectivity index (χ4n) is 2.43. The van der Waals surface area contributed by atoms with Gasteiger partial charge in [0.05, 0.1) is 5.56 Å². The first kappa shape index (κ1) is 15.3. The molecule has 1 aromatic rings. The predicted octanol–water partition coefficient (Wildman–Crippen LogP) is 2.62. The Morgan fingerprint density at radius 1 is 1.33 bits per heavy atom. The minimum absolute atomic E-state index is 0.152. The van der Waals surface area contributed by atoms with E-state index in [1.165, 1.54) is 24.6 Å². The van der Waals surface area contributed by atoms with Gasteiger partial charge in [-0.3, -0.25) is 0 Å². The highest BCUT2D eigenvalue weighted by molar-refractivity contribution is 5.89. The Hall–Kier alpha value is -2.06. The Balaban J connectivity index is 1.96. The quantitative estimate of drug-likeness (QED) is 0.733. The van der Waals surface area contributed by atoms with Crippen molar-refractivity contribution in [3.05, 3.63) is 29.6 Å². The number of halogens is 1. The van der Waals surface area contributed by atoms with Gasteiger partial charge in [-0.05, 0) is 31.0 Å². The fraction of sp³-hybridized carbons (Fsp3) is 0.438. The van der Waals surface area contributed by atoms with Crippen LogP contribution in [0.15, 0.2) is 18.2 Å². The molecule has 1 saturated carbocycles. The number of amides is 2. The molecule has 21 heavy (non-hydrogen) atoms. The molecule has 0 atom stereocenters. The Labute approximate surface area is 123 Å². The monoisotopic (exact) mass is 290 g/mol. The maximum absolute atomic E-state index is 13.5. The largest absolute Gasteiger partial charge is 0.384 e. The Morgan fingerprint density at radius 2 is 2.10 bits per heavy atom. The van der Waals surface area contributed by atoms with Gasteiger partial charge in [-0.15, -0.1) is 0 Å². The highest BCUT2D eigenvalue weighted by atomic mass is 19.1. The molecule has 5 heteroatoms. The van der Waals surface area contributed by atoms with Gasteiger partial charge in [0, 0.05) is 11.7 Å². The van der Waals surface area contributed by atoms with Crippen LogP contribution in [0.5, 0.6) is 0 Å². The molecule has 0 unspecified atom stereocenters. The van der Waals surface area contributed by atoms with Gasteiger partial charge in [0.1, 0.15) is 12.4 Å². The number of hydrogen-bond acceptors (Lipinski definition) is 2. The summed E-state index contributed by atoms with van der Waals surface area (Å²) in [7, 11) is 0. The molecule has 3 N–H and O–H groups in total. The topological polar surface area (TPSA) is 61.4 Å². The molecule has 0 radical (unpaired) electrons. The first-order valence-corrected chi connectivity index (χ1v) is 7.16. The van der Waals surface area contributed by atoms with Gasteiger partial charge < -0.3 is 15.7 Å². The second-order valence-electron chi connectivity index (χ2n) is 5.09. The fourth-order valence-corrected chi connectivity index (χ4v) is 2.43. The lowest BCUT2D eigenvalue weighted by atomic mass is 9.96. The summed E-state index contributed by atoms with van der Waals surface area (Å²) in [4.78, 5) is 11.9. The average molecular weight is 290 g/mol. The normalized spacial score (nSPS) is 15.0. The standard InChI is InChI=1S/C16H19FN2O2/c17-15-9-8-14(11-12(15)5-4-10-20)19-16(21)18-13-6-2-1-3-7-13/h8-9,11,13,20H,1-3,6-7,10H2,(H2,18,19,21). The minimum atomic E-state index is -0.478. The lowest BCUT2D eigenvalue weighted by molar-refractivity contribution is 0.244. The molecule has 2 rings (SSSR count). The number of carbonyl (C=O) groups is 1. The summed E-state index contributed by atoms with van der Waals surface area (Å²) in [5, 5.41) is 14.3. The molecule has 2 amide bonds. The van der Waals surface area contributed by atoms with E-state index in [4.69, 9.17) is 5.11 Å². The average Bonchev–Trinajstić information content (AvgIpc) is 2.48. The Bertz CT molecular complexity index is 557. The van der Waals surface area contributed by atoms with Gasteiger partial charge in [-0.1, -0.05) is 31.1 Å². The maximum Gasteiger partial charge on any atom is 0.319 e. The van der Waals surface area contributed by atoms with Crippen molar-refractivity contribution < 1.29 is 14.3 Å². The number of aliphatic hydroxyl groups excluding tert-OH is 1. The third-order valence-corrected chi connectivity index (χ3v) is 3.47. The number of aliphatic hydroxyl groups is 1. The minimum Gasteiger partial charge on any atom is -0.384 e. The number of carbonyl (C=O) groups excluding carboxylic acids is 1. The zero-order valence-electron chi connectivity index (χ0n) is 11.8. The molecule has 0 aliphatic heterocycles.